The fourth-order valence-corrected chi connectivity index (χ4v) is 0.483. The SMILES string of the molecule is CC(NCCC(=O)O)C(=O)O. The van der Waals surface area contributed by atoms with E-state index < -0.39 is 18.0 Å². The van der Waals surface area contributed by atoms with Gasteiger partial charge in [-0.3, -0.25) is 9.59 Å². The van der Waals surface area contributed by atoms with Crippen molar-refractivity contribution in [1.82, 2.24) is 5.32 Å². The van der Waals surface area contributed by atoms with Gasteiger partial charge >= 0.3 is 11.9 Å². The molecular formula is C6H11NO4. The molecule has 11 heavy (non-hydrogen) atoms. The minimum atomic E-state index is -0.976. The minimum absolute atomic E-state index is 0.0579. The van der Waals surface area contributed by atoms with Crippen molar-refractivity contribution in [3.8, 4) is 0 Å². The van der Waals surface area contributed by atoms with Crippen molar-refractivity contribution in [3.05, 3.63) is 0 Å². The fraction of sp³-hybridized carbons (Fsp3) is 0.667. The van der Waals surface area contributed by atoms with Gasteiger partial charge in [0, 0.05) is 6.54 Å². The molecule has 0 aliphatic rings. The number of hydrogen-bond donors (Lipinski definition) is 3. The Morgan fingerprint density at radius 3 is 2.36 bits per heavy atom. The highest BCUT2D eigenvalue weighted by Gasteiger charge is 2.09. The average molecular weight is 161 g/mol. The van der Waals surface area contributed by atoms with Crippen LogP contribution in [-0.4, -0.2) is 34.7 Å². The van der Waals surface area contributed by atoms with Crippen molar-refractivity contribution in [2.24, 2.45) is 0 Å². The largest absolute Gasteiger partial charge is 0.481 e. The van der Waals surface area contributed by atoms with Crippen LogP contribution in [0.2, 0.25) is 0 Å². The highest BCUT2D eigenvalue weighted by atomic mass is 16.4. The number of carboxylic acids is 2. The topological polar surface area (TPSA) is 86.6 Å². The molecule has 1 unspecified atom stereocenters. The third-order valence-corrected chi connectivity index (χ3v) is 1.16. The second-order valence-electron chi connectivity index (χ2n) is 2.16. The van der Waals surface area contributed by atoms with Crippen LogP contribution in [0.5, 0.6) is 0 Å². The first kappa shape index (κ1) is 9.90. The van der Waals surface area contributed by atoms with Crippen LogP contribution >= 0.6 is 0 Å². The Kier molecular flexibility index (Phi) is 4.21. The molecule has 0 spiro atoms. The summed E-state index contributed by atoms with van der Waals surface area (Å²) in [6, 6.07) is -0.686. The third-order valence-electron chi connectivity index (χ3n) is 1.16. The summed E-state index contributed by atoms with van der Waals surface area (Å²) in [5.74, 6) is -1.91. The lowest BCUT2D eigenvalue weighted by atomic mass is 10.3. The Labute approximate surface area is 64.0 Å². The van der Waals surface area contributed by atoms with E-state index in [0.29, 0.717) is 0 Å². The van der Waals surface area contributed by atoms with Gasteiger partial charge in [-0.2, -0.15) is 0 Å². The molecule has 0 saturated heterocycles. The molecule has 0 aliphatic heterocycles. The molecule has 0 amide bonds. The summed E-state index contributed by atoms with van der Waals surface area (Å²) in [4.78, 5) is 20.1. The minimum Gasteiger partial charge on any atom is -0.481 e. The molecule has 0 aromatic heterocycles. The molecule has 3 N–H and O–H groups in total. The summed E-state index contributed by atoms with van der Waals surface area (Å²) < 4.78 is 0. The molecule has 0 rings (SSSR count). The average Bonchev–Trinajstić information content (AvgIpc) is 1.86. The quantitative estimate of drug-likeness (QED) is 0.507. The first-order valence-corrected chi connectivity index (χ1v) is 3.22. The van der Waals surface area contributed by atoms with Crippen molar-refractivity contribution < 1.29 is 19.8 Å². The zero-order valence-electron chi connectivity index (χ0n) is 6.20. The number of hydrogen-bond acceptors (Lipinski definition) is 3. The molecule has 0 aromatic carbocycles. The van der Waals surface area contributed by atoms with Crippen molar-refractivity contribution in [2.75, 3.05) is 6.54 Å². The Hall–Kier alpha value is -1.10. The van der Waals surface area contributed by atoms with E-state index in [1.165, 1.54) is 6.92 Å². The summed E-state index contributed by atoms with van der Waals surface area (Å²) in [5.41, 5.74) is 0. The number of aliphatic carboxylic acids is 2. The van der Waals surface area contributed by atoms with E-state index in [1.807, 2.05) is 0 Å². The molecule has 5 nitrogen and oxygen atoms in total. The van der Waals surface area contributed by atoms with Gasteiger partial charge in [-0.25, -0.2) is 0 Å². The lowest BCUT2D eigenvalue weighted by Gasteiger charge is -2.06. The van der Waals surface area contributed by atoms with Gasteiger partial charge < -0.3 is 15.5 Å². The van der Waals surface area contributed by atoms with Crippen molar-refractivity contribution in [2.45, 2.75) is 19.4 Å². The number of rotatable bonds is 5. The van der Waals surface area contributed by atoms with Crippen molar-refractivity contribution >= 4 is 11.9 Å². The molecule has 0 saturated carbocycles. The maximum Gasteiger partial charge on any atom is 0.320 e. The van der Waals surface area contributed by atoms with Crippen LogP contribution in [0.1, 0.15) is 13.3 Å². The lowest BCUT2D eigenvalue weighted by molar-refractivity contribution is -0.140. The van der Waals surface area contributed by atoms with Gasteiger partial charge in [0.25, 0.3) is 0 Å². The summed E-state index contributed by atoms with van der Waals surface area (Å²) >= 11 is 0. The monoisotopic (exact) mass is 161 g/mol. The summed E-state index contributed by atoms with van der Waals surface area (Å²) in [6.45, 7) is 1.65. The van der Waals surface area contributed by atoms with Gasteiger partial charge in [-0.1, -0.05) is 0 Å². The van der Waals surface area contributed by atoms with Crippen molar-refractivity contribution in [3.63, 3.8) is 0 Å². The van der Waals surface area contributed by atoms with Gasteiger partial charge in [0.05, 0.1) is 6.42 Å². The maximum absolute atomic E-state index is 10.2. The van der Waals surface area contributed by atoms with Gasteiger partial charge in [-0.15, -0.1) is 0 Å². The molecule has 5 heteroatoms. The summed E-state index contributed by atoms with van der Waals surface area (Å²) in [5, 5.41) is 19.0. The van der Waals surface area contributed by atoms with E-state index in [-0.39, 0.29) is 13.0 Å². The van der Waals surface area contributed by atoms with Crippen LogP contribution < -0.4 is 5.32 Å². The Morgan fingerprint density at radius 1 is 1.45 bits per heavy atom. The van der Waals surface area contributed by atoms with Crippen LogP contribution in [0.3, 0.4) is 0 Å². The highest BCUT2D eigenvalue weighted by Crippen LogP contribution is 1.82. The first-order valence-electron chi connectivity index (χ1n) is 3.22. The predicted octanol–water partition coefficient (Wildman–Crippen LogP) is -0.476. The van der Waals surface area contributed by atoms with Gasteiger partial charge in [0.15, 0.2) is 0 Å². The second kappa shape index (κ2) is 4.68. The Bertz CT molecular complexity index is 157. The maximum atomic E-state index is 10.2. The van der Waals surface area contributed by atoms with Crippen molar-refractivity contribution in [1.29, 1.82) is 0 Å². The molecule has 0 aromatic rings. The lowest BCUT2D eigenvalue weighted by Crippen LogP contribution is -2.34. The third kappa shape index (κ3) is 5.35. The molecule has 64 valence electrons. The van der Waals surface area contributed by atoms with Crippen LogP contribution in [0, 0.1) is 0 Å². The molecule has 0 heterocycles. The fourth-order valence-electron chi connectivity index (χ4n) is 0.483. The Balaban J connectivity index is 3.39. The predicted molar refractivity (Wildman–Crippen MR) is 37.4 cm³/mol. The van der Waals surface area contributed by atoms with Gasteiger partial charge in [-0.05, 0) is 6.92 Å². The van der Waals surface area contributed by atoms with E-state index in [0.717, 1.165) is 0 Å². The van der Waals surface area contributed by atoms with Gasteiger partial charge in [0.2, 0.25) is 0 Å². The molecule has 0 fully saturated rings. The molecule has 0 aliphatic carbocycles. The highest BCUT2D eigenvalue weighted by molar-refractivity contribution is 5.73. The van der Waals surface area contributed by atoms with E-state index in [2.05, 4.69) is 5.32 Å². The zero-order valence-corrected chi connectivity index (χ0v) is 6.20. The summed E-state index contributed by atoms with van der Waals surface area (Å²) in [7, 11) is 0. The Morgan fingerprint density at radius 2 is 2.00 bits per heavy atom. The second-order valence-corrected chi connectivity index (χ2v) is 2.16. The van der Waals surface area contributed by atoms with Crippen LogP contribution in [0.4, 0.5) is 0 Å². The van der Waals surface area contributed by atoms with E-state index in [9.17, 15) is 9.59 Å². The molecule has 0 bridgehead atoms. The normalized spacial score (nSPS) is 12.5. The smallest absolute Gasteiger partial charge is 0.320 e. The first-order chi connectivity index (χ1) is 5.04. The molecule has 0 radical (unpaired) electrons. The standard InChI is InChI=1S/C6H11NO4/c1-4(6(10)11)7-3-2-5(8)9/h4,7H,2-3H2,1H3,(H,8,9)(H,10,11). The van der Waals surface area contributed by atoms with Gasteiger partial charge in [0.1, 0.15) is 6.04 Å². The molecular weight excluding hydrogens is 150 g/mol. The van der Waals surface area contributed by atoms with E-state index in [4.69, 9.17) is 10.2 Å². The van der Waals surface area contributed by atoms with E-state index in [1.54, 1.807) is 0 Å². The zero-order chi connectivity index (χ0) is 8.85. The van der Waals surface area contributed by atoms with E-state index >= 15 is 0 Å². The number of nitrogens with one attached hydrogen (secondary N) is 1. The number of carboxylic acid groups (broad SMARTS) is 2. The van der Waals surface area contributed by atoms with Crippen LogP contribution in [0.15, 0.2) is 0 Å². The van der Waals surface area contributed by atoms with Crippen LogP contribution in [0.25, 0.3) is 0 Å². The summed E-state index contributed by atoms with van der Waals surface area (Å²) in [6.07, 6.45) is -0.0579. The van der Waals surface area contributed by atoms with Crippen LogP contribution in [-0.2, 0) is 9.59 Å². The number of carbonyl (C=O) groups is 2. The molecule has 1 atom stereocenters.